The number of aromatic nitrogens is 2. The van der Waals surface area contributed by atoms with Crippen LogP contribution in [0.5, 0.6) is 0 Å². The summed E-state index contributed by atoms with van der Waals surface area (Å²) in [6.07, 6.45) is 0.0935. The van der Waals surface area contributed by atoms with E-state index in [0.717, 1.165) is 11.1 Å². The van der Waals surface area contributed by atoms with Gasteiger partial charge in [0.05, 0.1) is 24.2 Å². The van der Waals surface area contributed by atoms with Crippen LogP contribution in [0.1, 0.15) is 22.6 Å². The van der Waals surface area contributed by atoms with Crippen LogP contribution in [0.25, 0.3) is 11.1 Å². The molecule has 0 radical (unpaired) electrons. The average Bonchev–Trinajstić information content (AvgIpc) is 2.67. The number of nitrogens with zero attached hydrogens (tertiary/aromatic N) is 2. The second-order valence-electron chi connectivity index (χ2n) is 4.61. The standard InChI is InChI=1S/C14H11FN2O2/c1-8-14(9-2-4-10(15)5-3-9)12-6-11(18)7-13(19)17(12)16-8/h2-5H,6-7H2,1H3. The van der Waals surface area contributed by atoms with Gasteiger partial charge in [0.15, 0.2) is 0 Å². The lowest BCUT2D eigenvalue weighted by molar-refractivity contribution is -0.118. The van der Waals surface area contributed by atoms with E-state index in [0.29, 0.717) is 11.4 Å². The molecule has 0 atom stereocenters. The molecule has 96 valence electrons. The van der Waals surface area contributed by atoms with Crippen LogP contribution in [0.15, 0.2) is 24.3 Å². The summed E-state index contributed by atoms with van der Waals surface area (Å²) in [5, 5.41) is 4.19. The van der Waals surface area contributed by atoms with Crippen molar-refractivity contribution in [3.05, 3.63) is 41.5 Å². The predicted octanol–water partition coefficient (Wildman–Crippen LogP) is 2.15. The van der Waals surface area contributed by atoms with Gasteiger partial charge < -0.3 is 0 Å². The minimum Gasteiger partial charge on any atom is -0.299 e. The van der Waals surface area contributed by atoms with Gasteiger partial charge in [-0.2, -0.15) is 5.10 Å². The van der Waals surface area contributed by atoms with Crippen molar-refractivity contribution >= 4 is 11.7 Å². The van der Waals surface area contributed by atoms with Crippen molar-refractivity contribution in [2.75, 3.05) is 0 Å². The van der Waals surface area contributed by atoms with Gasteiger partial charge in [0, 0.05) is 5.56 Å². The Labute approximate surface area is 108 Å². The van der Waals surface area contributed by atoms with E-state index in [1.807, 2.05) is 0 Å². The number of hydrogen-bond acceptors (Lipinski definition) is 3. The fraction of sp³-hybridized carbons (Fsp3) is 0.214. The van der Waals surface area contributed by atoms with E-state index < -0.39 is 0 Å². The molecule has 19 heavy (non-hydrogen) atoms. The van der Waals surface area contributed by atoms with E-state index in [1.54, 1.807) is 19.1 Å². The quantitative estimate of drug-likeness (QED) is 0.736. The molecule has 0 saturated carbocycles. The zero-order valence-corrected chi connectivity index (χ0v) is 10.3. The third-order valence-electron chi connectivity index (χ3n) is 3.24. The molecule has 2 heterocycles. The first-order valence-electron chi connectivity index (χ1n) is 5.95. The Kier molecular flexibility index (Phi) is 2.55. The Bertz CT molecular complexity index is 686. The van der Waals surface area contributed by atoms with Gasteiger partial charge in [-0.15, -0.1) is 0 Å². The second kappa shape index (κ2) is 4.12. The summed E-state index contributed by atoms with van der Waals surface area (Å²) in [6, 6.07) is 5.96. The minimum absolute atomic E-state index is 0.100. The van der Waals surface area contributed by atoms with Crippen LogP contribution in [-0.2, 0) is 11.2 Å². The van der Waals surface area contributed by atoms with E-state index in [2.05, 4.69) is 5.10 Å². The molecule has 0 spiro atoms. The Balaban J connectivity index is 2.20. The Hall–Kier alpha value is -2.30. The number of rotatable bonds is 1. The summed E-state index contributed by atoms with van der Waals surface area (Å²) in [4.78, 5) is 23.3. The number of halogens is 1. The largest absolute Gasteiger partial charge is 0.299 e. The highest BCUT2D eigenvalue weighted by Crippen LogP contribution is 2.30. The Morgan fingerprint density at radius 1 is 1.16 bits per heavy atom. The fourth-order valence-electron chi connectivity index (χ4n) is 2.43. The van der Waals surface area contributed by atoms with Crippen molar-refractivity contribution in [1.82, 2.24) is 9.78 Å². The van der Waals surface area contributed by atoms with Gasteiger partial charge in [0.25, 0.3) is 5.91 Å². The summed E-state index contributed by atoms with van der Waals surface area (Å²) in [7, 11) is 0. The molecule has 0 saturated heterocycles. The smallest absolute Gasteiger partial charge is 0.254 e. The molecule has 1 aliphatic rings. The minimum atomic E-state index is -0.324. The van der Waals surface area contributed by atoms with E-state index in [9.17, 15) is 14.0 Å². The first-order chi connectivity index (χ1) is 9.06. The lowest BCUT2D eigenvalue weighted by Gasteiger charge is -2.12. The number of hydrogen-bond donors (Lipinski definition) is 0. The number of aryl methyl sites for hydroxylation is 1. The molecule has 2 aromatic rings. The summed E-state index contributed by atoms with van der Waals surface area (Å²) in [5.41, 5.74) is 2.79. The van der Waals surface area contributed by atoms with E-state index in [1.165, 1.54) is 16.8 Å². The molecule has 0 aliphatic carbocycles. The van der Waals surface area contributed by atoms with Gasteiger partial charge in [0.2, 0.25) is 0 Å². The van der Waals surface area contributed by atoms with Crippen LogP contribution in [0.4, 0.5) is 4.39 Å². The molecule has 0 N–H and O–H groups in total. The number of carbonyl (C=O) groups is 2. The topological polar surface area (TPSA) is 52.0 Å². The van der Waals surface area contributed by atoms with Crippen LogP contribution in [0.3, 0.4) is 0 Å². The molecule has 0 fully saturated rings. The highest BCUT2D eigenvalue weighted by atomic mass is 19.1. The molecular formula is C14H11FN2O2. The maximum absolute atomic E-state index is 13.0. The van der Waals surface area contributed by atoms with Crippen LogP contribution in [0.2, 0.25) is 0 Å². The van der Waals surface area contributed by atoms with Crippen molar-refractivity contribution in [2.45, 2.75) is 19.8 Å². The number of ketones is 1. The third-order valence-corrected chi connectivity index (χ3v) is 3.24. The molecule has 1 aromatic carbocycles. The van der Waals surface area contributed by atoms with Gasteiger partial charge in [-0.25, -0.2) is 9.07 Å². The van der Waals surface area contributed by atoms with Crippen molar-refractivity contribution in [1.29, 1.82) is 0 Å². The maximum Gasteiger partial charge on any atom is 0.254 e. The molecule has 3 rings (SSSR count). The number of benzene rings is 1. The van der Waals surface area contributed by atoms with Gasteiger partial charge in [-0.05, 0) is 24.6 Å². The van der Waals surface area contributed by atoms with Gasteiger partial charge >= 0.3 is 0 Å². The predicted molar refractivity (Wildman–Crippen MR) is 66.3 cm³/mol. The number of fused-ring (bicyclic) bond motifs is 1. The highest BCUT2D eigenvalue weighted by Gasteiger charge is 2.28. The summed E-state index contributed by atoms with van der Waals surface area (Å²) >= 11 is 0. The van der Waals surface area contributed by atoms with Crippen molar-refractivity contribution in [3.8, 4) is 11.1 Å². The van der Waals surface area contributed by atoms with Gasteiger partial charge in [0.1, 0.15) is 11.6 Å². The fourth-order valence-corrected chi connectivity index (χ4v) is 2.43. The lowest BCUT2D eigenvalue weighted by atomic mass is 9.98. The molecule has 1 aliphatic heterocycles. The van der Waals surface area contributed by atoms with Crippen molar-refractivity contribution in [2.24, 2.45) is 0 Å². The van der Waals surface area contributed by atoms with Crippen molar-refractivity contribution < 1.29 is 14.0 Å². The number of Topliss-reactive ketones (excluding diaryl/α,β-unsaturated/α-hetero) is 1. The summed E-state index contributed by atoms with van der Waals surface area (Å²) < 4.78 is 14.3. The van der Waals surface area contributed by atoms with Crippen LogP contribution in [-0.4, -0.2) is 21.5 Å². The molecule has 0 bridgehead atoms. The monoisotopic (exact) mass is 258 g/mol. The SMILES string of the molecule is Cc1nn2c(c1-c1ccc(F)cc1)CC(=O)CC2=O. The van der Waals surface area contributed by atoms with E-state index >= 15 is 0 Å². The van der Waals surface area contributed by atoms with E-state index in [-0.39, 0.29) is 30.3 Å². The molecule has 4 nitrogen and oxygen atoms in total. The first-order valence-corrected chi connectivity index (χ1v) is 5.95. The maximum atomic E-state index is 13.0. The first kappa shape index (κ1) is 11.8. The molecule has 5 heteroatoms. The normalized spacial score (nSPS) is 14.6. The Morgan fingerprint density at radius 3 is 2.53 bits per heavy atom. The third kappa shape index (κ3) is 1.87. The molecule has 1 aromatic heterocycles. The Morgan fingerprint density at radius 2 is 1.84 bits per heavy atom. The van der Waals surface area contributed by atoms with Gasteiger partial charge in [-0.1, -0.05) is 12.1 Å². The zero-order chi connectivity index (χ0) is 13.6. The van der Waals surface area contributed by atoms with Crippen LogP contribution < -0.4 is 0 Å². The van der Waals surface area contributed by atoms with E-state index in [4.69, 9.17) is 0 Å². The highest BCUT2D eigenvalue weighted by molar-refractivity contribution is 6.04. The zero-order valence-electron chi connectivity index (χ0n) is 10.3. The second-order valence-corrected chi connectivity index (χ2v) is 4.61. The molecule has 0 unspecified atom stereocenters. The lowest BCUT2D eigenvalue weighted by Crippen LogP contribution is -2.27. The van der Waals surface area contributed by atoms with Crippen LogP contribution in [0, 0.1) is 12.7 Å². The summed E-state index contributed by atoms with van der Waals surface area (Å²) in [5.74, 6) is -0.738. The molecular weight excluding hydrogens is 247 g/mol. The average molecular weight is 258 g/mol. The van der Waals surface area contributed by atoms with Crippen LogP contribution >= 0.6 is 0 Å². The molecule has 0 amide bonds. The van der Waals surface area contributed by atoms with Gasteiger partial charge in [-0.3, -0.25) is 9.59 Å². The van der Waals surface area contributed by atoms with Crippen molar-refractivity contribution in [3.63, 3.8) is 0 Å². The number of carbonyl (C=O) groups excluding carboxylic acids is 2. The summed E-state index contributed by atoms with van der Waals surface area (Å²) in [6.45, 7) is 1.78.